The van der Waals surface area contributed by atoms with Crippen LogP contribution < -0.4 is 10.6 Å². The van der Waals surface area contributed by atoms with Crippen LogP contribution in [0, 0.1) is 23.5 Å². The maximum Gasteiger partial charge on any atom is 0.151 e. The zero-order valence-corrected chi connectivity index (χ0v) is 11.5. The normalized spacial score (nSPS) is 11.3. The van der Waals surface area contributed by atoms with E-state index in [-0.39, 0.29) is 5.69 Å². The summed E-state index contributed by atoms with van der Waals surface area (Å²) in [4.78, 5) is 1.96. The molecular formula is C14H22F2N2. The van der Waals surface area contributed by atoms with Crippen molar-refractivity contribution in [3.63, 3.8) is 0 Å². The SMILES string of the molecule is CC(C)CN(CC(C)C)c1cc(F)cc(F)c1N. The number of anilines is 2. The van der Waals surface area contributed by atoms with Crippen LogP contribution in [-0.4, -0.2) is 13.1 Å². The Morgan fingerprint density at radius 2 is 1.56 bits per heavy atom. The van der Waals surface area contributed by atoms with Crippen LogP contribution in [0.2, 0.25) is 0 Å². The summed E-state index contributed by atoms with van der Waals surface area (Å²) in [5, 5.41) is 0. The molecule has 2 N–H and O–H groups in total. The van der Waals surface area contributed by atoms with Crippen LogP contribution in [0.15, 0.2) is 12.1 Å². The number of nitrogens with zero attached hydrogens (tertiary/aromatic N) is 1. The Morgan fingerprint density at radius 3 is 2.00 bits per heavy atom. The largest absolute Gasteiger partial charge is 0.395 e. The highest BCUT2D eigenvalue weighted by molar-refractivity contribution is 5.68. The molecular weight excluding hydrogens is 234 g/mol. The van der Waals surface area contributed by atoms with Crippen molar-refractivity contribution in [2.24, 2.45) is 11.8 Å². The van der Waals surface area contributed by atoms with E-state index in [0.717, 1.165) is 19.2 Å². The first kappa shape index (κ1) is 14.7. The molecule has 0 heterocycles. The number of hydrogen-bond donors (Lipinski definition) is 1. The summed E-state index contributed by atoms with van der Waals surface area (Å²) in [6, 6.07) is 2.13. The van der Waals surface area contributed by atoms with Crippen molar-refractivity contribution in [1.29, 1.82) is 0 Å². The minimum atomic E-state index is -0.692. The number of nitrogens with two attached hydrogens (primary N) is 1. The van der Waals surface area contributed by atoms with Gasteiger partial charge in [-0.15, -0.1) is 0 Å². The lowest BCUT2D eigenvalue weighted by atomic mass is 10.1. The summed E-state index contributed by atoms with van der Waals surface area (Å²) in [6.45, 7) is 9.73. The van der Waals surface area contributed by atoms with Crippen molar-refractivity contribution in [3.05, 3.63) is 23.8 Å². The van der Waals surface area contributed by atoms with Crippen molar-refractivity contribution < 1.29 is 8.78 Å². The van der Waals surface area contributed by atoms with Crippen molar-refractivity contribution in [2.45, 2.75) is 27.7 Å². The summed E-state index contributed by atoms with van der Waals surface area (Å²) in [5.41, 5.74) is 6.20. The zero-order valence-electron chi connectivity index (χ0n) is 11.5. The van der Waals surface area contributed by atoms with E-state index in [1.165, 1.54) is 6.07 Å². The molecule has 0 atom stereocenters. The van der Waals surface area contributed by atoms with Crippen molar-refractivity contribution in [3.8, 4) is 0 Å². The van der Waals surface area contributed by atoms with Crippen LogP contribution in [-0.2, 0) is 0 Å². The van der Waals surface area contributed by atoms with Crippen LogP contribution in [0.3, 0.4) is 0 Å². The zero-order chi connectivity index (χ0) is 13.9. The first-order chi connectivity index (χ1) is 8.31. The molecule has 0 spiro atoms. The molecule has 1 aromatic rings. The smallest absolute Gasteiger partial charge is 0.151 e. The molecule has 2 nitrogen and oxygen atoms in total. The van der Waals surface area contributed by atoms with Gasteiger partial charge in [0.25, 0.3) is 0 Å². The molecule has 0 saturated carbocycles. The van der Waals surface area contributed by atoms with Gasteiger partial charge in [0.15, 0.2) is 5.82 Å². The minimum Gasteiger partial charge on any atom is -0.395 e. The summed E-state index contributed by atoms with van der Waals surface area (Å²) in [7, 11) is 0. The standard InChI is InChI=1S/C14H22F2N2/c1-9(2)7-18(8-10(3)4)13-6-11(15)5-12(16)14(13)17/h5-6,9-10H,7-8,17H2,1-4H3. The van der Waals surface area contributed by atoms with E-state index in [1.54, 1.807) is 0 Å². The van der Waals surface area contributed by atoms with Crippen LogP contribution in [0.4, 0.5) is 20.2 Å². The number of nitrogen functional groups attached to an aromatic ring is 1. The van der Waals surface area contributed by atoms with Gasteiger partial charge in [-0.1, -0.05) is 27.7 Å². The Kier molecular flexibility index (Phi) is 4.93. The summed E-state index contributed by atoms with van der Waals surface area (Å²) >= 11 is 0. The van der Waals surface area contributed by atoms with Crippen LogP contribution in [0.5, 0.6) is 0 Å². The molecule has 0 aliphatic rings. The molecule has 102 valence electrons. The lowest BCUT2D eigenvalue weighted by Crippen LogP contribution is -2.32. The van der Waals surface area contributed by atoms with Gasteiger partial charge in [0.05, 0.1) is 11.4 Å². The highest BCUT2D eigenvalue weighted by atomic mass is 19.1. The van der Waals surface area contributed by atoms with Gasteiger partial charge < -0.3 is 10.6 Å². The average molecular weight is 256 g/mol. The molecule has 0 bridgehead atoms. The third-order valence-electron chi connectivity index (χ3n) is 2.58. The molecule has 0 radical (unpaired) electrons. The lowest BCUT2D eigenvalue weighted by molar-refractivity contribution is 0.545. The van der Waals surface area contributed by atoms with Crippen LogP contribution >= 0.6 is 0 Å². The second-order valence-electron chi connectivity index (χ2n) is 5.51. The molecule has 0 unspecified atom stereocenters. The van der Waals surface area contributed by atoms with E-state index >= 15 is 0 Å². The lowest BCUT2D eigenvalue weighted by Gasteiger charge is -2.29. The van der Waals surface area contributed by atoms with E-state index in [9.17, 15) is 8.78 Å². The van der Waals surface area contributed by atoms with Crippen molar-refractivity contribution >= 4 is 11.4 Å². The number of benzene rings is 1. The van der Waals surface area contributed by atoms with Gasteiger partial charge in [-0.05, 0) is 17.9 Å². The van der Waals surface area contributed by atoms with Gasteiger partial charge in [-0.2, -0.15) is 0 Å². The maximum atomic E-state index is 13.5. The second-order valence-corrected chi connectivity index (χ2v) is 5.51. The van der Waals surface area contributed by atoms with Gasteiger partial charge in [-0.25, -0.2) is 8.78 Å². The molecule has 1 rings (SSSR count). The maximum absolute atomic E-state index is 13.5. The topological polar surface area (TPSA) is 29.3 Å². The van der Waals surface area contributed by atoms with Gasteiger partial charge >= 0.3 is 0 Å². The number of halogens is 2. The fourth-order valence-corrected chi connectivity index (χ4v) is 1.99. The third kappa shape index (κ3) is 3.86. The summed E-state index contributed by atoms with van der Waals surface area (Å²) in [6.07, 6.45) is 0. The fourth-order valence-electron chi connectivity index (χ4n) is 1.99. The fraction of sp³-hybridized carbons (Fsp3) is 0.571. The molecule has 0 aromatic heterocycles. The van der Waals surface area contributed by atoms with E-state index in [4.69, 9.17) is 5.73 Å². The van der Waals surface area contributed by atoms with Crippen molar-refractivity contribution in [1.82, 2.24) is 0 Å². The highest BCUT2D eigenvalue weighted by Gasteiger charge is 2.16. The number of rotatable bonds is 5. The Balaban J connectivity index is 3.11. The number of hydrogen-bond acceptors (Lipinski definition) is 2. The van der Waals surface area contributed by atoms with Crippen LogP contribution in [0.25, 0.3) is 0 Å². The van der Waals surface area contributed by atoms with E-state index in [1.807, 2.05) is 4.90 Å². The van der Waals surface area contributed by atoms with E-state index in [0.29, 0.717) is 17.5 Å². The molecule has 0 aliphatic heterocycles. The van der Waals surface area contributed by atoms with Crippen molar-refractivity contribution in [2.75, 3.05) is 23.7 Å². The molecule has 0 saturated heterocycles. The molecule has 1 aromatic carbocycles. The average Bonchev–Trinajstić information content (AvgIpc) is 2.21. The van der Waals surface area contributed by atoms with Gasteiger partial charge in [0, 0.05) is 19.2 Å². The monoisotopic (exact) mass is 256 g/mol. The first-order valence-electron chi connectivity index (χ1n) is 6.30. The summed E-state index contributed by atoms with van der Waals surface area (Å²) in [5.74, 6) is -0.485. The molecule has 0 amide bonds. The predicted molar refractivity (Wildman–Crippen MR) is 72.7 cm³/mol. The Labute approximate surface area is 108 Å². The predicted octanol–water partition coefficient (Wildman–Crippen LogP) is 3.67. The van der Waals surface area contributed by atoms with Gasteiger partial charge in [0.2, 0.25) is 0 Å². The Morgan fingerprint density at radius 1 is 1.06 bits per heavy atom. The van der Waals surface area contributed by atoms with Crippen LogP contribution in [0.1, 0.15) is 27.7 Å². The van der Waals surface area contributed by atoms with Gasteiger partial charge in [0.1, 0.15) is 5.82 Å². The summed E-state index contributed by atoms with van der Waals surface area (Å²) < 4.78 is 26.8. The Hall–Kier alpha value is -1.32. The molecule has 0 fully saturated rings. The second kappa shape index (κ2) is 6.03. The Bertz CT molecular complexity index is 393. The molecule has 4 heteroatoms. The highest BCUT2D eigenvalue weighted by Crippen LogP contribution is 2.28. The first-order valence-corrected chi connectivity index (χ1v) is 6.30. The molecule has 18 heavy (non-hydrogen) atoms. The minimum absolute atomic E-state index is 0.0256. The van der Waals surface area contributed by atoms with Gasteiger partial charge in [-0.3, -0.25) is 0 Å². The quantitative estimate of drug-likeness (QED) is 0.814. The van der Waals surface area contributed by atoms with E-state index < -0.39 is 11.6 Å². The molecule has 0 aliphatic carbocycles. The third-order valence-corrected chi connectivity index (χ3v) is 2.58. The van der Waals surface area contributed by atoms with E-state index in [2.05, 4.69) is 27.7 Å².